The number of amidine groups is 1. The van der Waals surface area contributed by atoms with Crippen LogP contribution in [0.4, 0.5) is 0 Å². The minimum Gasteiger partial charge on any atom is -0.382 e. The molecule has 0 saturated carbocycles. The molecule has 18 heavy (non-hydrogen) atoms. The van der Waals surface area contributed by atoms with Gasteiger partial charge in [-0.1, -0.05) is 30.3 Å². The van der Waals surface area contributed by atoms with Crippen LogP contribution < -0.4 is 5.73 Å². The van der Waals surface area contributed by atoms with E-state index in [-0.39, 0.29) is 5.84 Å². The Hall–Kier alpha value is -1.81. The summed E-state index contributed by atoms with van der Waals surface area (Å²) in [6.45, 7) is 0. The molecule has 0 aliphatic carbocycles. The van der Waals surface area contributed by atoms with Crippen LogP contribution in [-0.2, 0) is 11.5 Å². The second-order valence-corrected chi connectivity index (χ2v) is 4.93. The van der Waals surface area contributed by atoms with Gasteiger partial charge >= 0.3 is 0 Å². The quantitative estimate of drug-likeness (QED) is 0.639. The Morgan fingerprint density at radius 3 is 2.56 bits per heavy atom. The molecule has 1 aromatic carbocycles. The van der Waals surface area contributed by atoms with Crippen molar-refractivity contribution in [3.63, 3.8) is 0 Å². The van der Waals surface area contributed by atoms with Gasteiger partial charge in [0.2, 0.25) is 0 Å². The Kier molecular flexibility index (Phi) is 4.36. The molecule has 4 heteroatoms. The lowest BCUT2D eigenvalue weighted by atomic mass is 10.2. The van der Waals surface area contributed by atoms with Crippen LogP contribution in [-0.4, -0.2) is 10.8 Å². The highest BCUT2D eigenvalue weighted by molar-refractivity contribution is 7.97. The topological polar surface area (TPSA) is 62.8 Å². The minimum absolute atomic E-state index is 0.0184. The first kappa shape index (κ1) is 12.6. The van der Waals surface area contributed by atoms with Crippen LogP contribution in [0.25, 0.3) is 0 Å². The van der Waals surface area contributed by atoms with Gasteiger partial charge in [0.15, 0.2) is 0 Å². The number of nitrogen functional groups attached to an aromatic ring is 1. The zero-order chi connectivity index (χ0) is 12.8. The second-order valence-electron chi connectivity index (χ2n) is 3.94. The van der Waals surface area contributed by atoms with E-state index in [1.54, 1.807) is 6.20 Å². The highest BCUT2D eigenvalue weighted by Gasteiger charge is 2.00. The fourth-order valence-electron chi connectivity index (χ4n) is 1.57. The fraction of sp³-hybridized carbons (Fsp3) is 0.143. The Bertz CT molecular complexity index is 526. The minimum atomic E-state index is 0.0184. The molecule has 0 spiro atoms. The van der Waals surface area contributed by atoms with E-state index in [9.17, 15) is 0 Å². The lowest BCUT2D eigenvalue weighted by molar-refractivity contribution is 1.22. The fourth-order valence-corrected chi connectivity index (χ4v) is 2.52. The van der Waals surface area contributed by atoms with Gasteiger partial charge in [-0.15, -0.1) is 0 Å². The van der Waals surface area contributed by atoms with Gasteiger partial charge in [-0.05, 0) is 23.3 Å². The summed E-state index contributed by atoms with van der Waals surface area (Å²) in [4.78, 5) is 4.05. The highest BCUT2D eigenvalue weighted by atomic mass is 32.2. The van der Waals surface area contributed by atoms with E-state index < -0.39 is 0 Å². The van der Waals surface area contributed by atoms with Gasteiger partial charge in [0.05, 0.1) is 0 Å². The summed E-state index contributed by atoms with van der Waals surface area (Å²) in [6, 6.07) is 14.2. The van der Waals surface area contributed by atoms with Gasteiger partial charge in [-0.2, -0.15) is 11.8 Å². The number of aromatic nitrogens is 1. The molecule has 2 aromatic rings. The van der Waals surface area contributed by atoms with Crippen LogP contribution in [0.1, 0.15) is 16.8 Å². The number of pyridine rings is 1. The molecule has 0 aliphatic rings. The number of nitrogens with one attached hydrogen (secondary N) is 1. The molecule has 3 nitrogen and oxygen atoms in total. The summed E-state index contributed by atoms with van der Waals surface area (Å²) in [5, 5.41) is 7.35. The summed E-state index contributed by atoms with van der Waals surface area (Å²) >= 11 is 1.84. The molecule has 92 valence electrons. The number of nitrogens with zero attached hydrogens (tertiary/aromatic N) is 1. The van der Waals surface area contributed by atoms with Crippen molar-refractivity contribution in [2.75, 3.05) is 0 Å². The van der Waals surface area contributed by atoms with Crippen molar-refractivity contribution in [2.24, 2.45) is 5.73 Å². The maximum atomic E-state index is 7.35. The predicted octanol–water partition coefficient (Wildman–Crippen LogP) is 2.80. The molecule has 0 fully saturated rings. The monoisotopic (exact) mass is 257 g/mol. The molecule has 1 heterocycles. The number of hydrogen-bond donors (Lipinski definition) is 2. The molecule has 2 rings (SSSR count). The second kappa shape index (κ2) is 6.21. The Balaban J connectivity index is 1.90. The average Bonchev–Trinajstić information content (AvgIpc) is 2.40. The number of rotatable bonds is 5. The van der Waals surface area contributed by atoms with Crippen molar-refractivity contribution in [2.45, 2.75) is 11.5 Å². The molecule has 0 bridgehead atoms. The summed E-state index contributed by atoms with van der Waals surface area (Å²) in [5.74, 6) is 1.90. The normalized spacial score (nSPS) is 10.2. The van der Waals surface area contributed by atoms with Gasteiger partial charge in [0, 0.05) is 17.7 Å². The molecule has 3 N–H and O–H groups in total. The average molecular weight is 257 g/mol. The van der Waals surface area contributed by atoms with E-state index >= 15 is 0 Å². The van der Waals surface area contributed by atoms with Gasteiger partial charge in [-0.3, -0.25) is 10.4 Å². The van der Waals surface area contributed by atoms with Crippen LogP contribution in [0.3, 0.4) is 0 Å². The third-order valence-corrected chi connectivity index (χ3v) is 3.56. The molecular formula is C14H15N3S. The number of thioether (sulfide) groups is 1. The van der Waals surface area contributed by atoms with E-state index in [0.29, 0.717) is 5.69 Å². The van der Waals surface area contributed by atoms with Crippen molar-refractivity contribution in [1.29, 1.82) is 5.41 Å². The highest BCUT2D eigenvalue weighted by Crippen LogP contribution is 2.17. The molecule has 0 atom stereocenters. The SMILES string of the molecule is N=C(N)c1cc(CSCc2ccccc2)ccn1. The lowest BCUT2D eigenvalue weighted by Gasteiger charge is -2.04. The predicted molar refractivity (Wildman–Crippen MR) is 76.7 cm³/mol. The smallest absolute Gasteiger partial charge is 0.141 e. The van der Waals surface area contributed by atoms with Crippen LogP contribution in [0, 0.1) is 5.41 Å². The summed E-state index contributed by atoms with van der Waals surface area (Å²) < 4.78 is 0. The van der Waals surface area contributed by atoms with Crippen molar-refractivity contribution in [3.05, 3.63) is 65.5 Å². The Morgan fingerprint density at radius 1 is 1.11 bits per heavy atom. The van der Waals surface area contributed by atoms with Crippen molar-refractivity contribution in [1.82, 2.24) is 4.98 Å². The maximum absolute atomic E-state index is 7.35. The maximum Gasteiger partial charge on any atom is 0.141 e. The van der Waals surface area contributed by atoms with Gasteiger partial charge in [0.25, 0.3) is 0 Å². The largest absolute Gasteiger partial charge is 0.382 e. The van der Waals surface area contributed by atoms with Crippen LogP contribution in [0.2, 0.25) is 0 Å². The number of benzene rings is 1. The Labute approximate surface area is 111 Å². The number of hydrogen-bond acceptors (Lipinski definition) is 3. The first-order valence-electron chi connectivity index (χ1n) is 5.66. The third kappa shape index (κ3) is 3.60. The summed E-state index contributed by atoms with van der Waals surface area (Å²) in [7, 11) is 0. The Morgan fingerprint density at radius 2 is 1.83 bits per heavy atom. The first-order valence-corrected chi connectivity index (χ1v) is 6.82. The molecule has 1 aromatic heterocycles. The zero-order valence-corrected chi connectivity index (χ0v) is 10.8. The molecule has 0 unspecified atom stereocenters. The summed E-state index contributed by atoms with van der Waals surface area (Å²) in [6.07, 6.45) is 1.70. The molecule has 0 radical (unpaired) electrons. The summed E-state index contributed by atoms with van der Waals surface area (Å²) in [5.41, 5.74) is 8.44. The molecule has 0 saturated heterocycles. The van der Waals surface area contributed by atoms with Crippen molar-refractivity contribution < 1.29 is 0 Å². The van der Waals surface area contributed by atoms with Crippen LogP contribution in [0.15, 0.2) is 48.7 Å². The number of nitrogens with two attached hydrogens (primary N) is 1. The molecule has 0 aliphatic heterocycles. The van der Waals surface area contributed by atoms with Gasteiger partial charge in [0.1, 0.15) is 11.5 Å². The first-order chi connectivity index (χ1) is 8.75. The van der Waals surface area contributed by atoms with E-state index in [1.807, 2.05) is 30.0 Å². The van der Waals surface area contributed by atoms with Crippen molar-refractivity contribution >= 4 is 17.6 Å². The van der Waals surface area contributed by atoms with E-state index in [1.165, 1.54) is 5.56 Å². The lowest BCUT2D eigenvalue weighted by Crippen LogP contribution is -2.13. The van der Waals surface area contributed by atoms with Crippen LogP contribution >= 0.6 is 11.8 Å². The van der Waals surface area contributed by atoms with Crippen LogP contribution in [0.5, 0.6) is 0 Å². The van der Waals surface area contributed by atoms with Gasteiger partial charge in [-0.25, -0.2) is 0 Å². The van der Waals surface area contributed by atoms with Crippen molar-refractivity contribution in [3.8, 4) is 0 Å². The van der Waals surface area contributed by atoms with Gasteiger partial charge < -0.3 is 5.73 Å². The van der Waals surface area contributed by atoms with E-state index in [4.69, 9.17) is 11.1 Å². The molecule has 0 amide bonds. The van der Waals surface area contributed by atoms with E-state index in [2.05, 4.69) is 29.2 Å². The zero-order valence-electron chi connectivity index (χ0n) is 9.97. The third-order valence-electron chi connectivity index (χ3n) is 2.48. The standard InChI is InChI=1S/C14H15N3S/c15-14(16)13-8-12(6-7-17-13)10-18-9-11-4-2-1-3-5-11/h1-8H,9-10H2,(H3,15,16). The van der Waals surface area contributed by atoms with E-state index in [0.717, 1.165) is 17.1 Å². The molecular weight excluding hydrogens is 242 g/mol.